The van der Waals surface area contributed by atoms with Crippen LogP contribution in [0.3, 0.4) is 0 Å². The fourth-order valence-corrected chi connectivity index (χ4v) is 2.11. The van der Waals surface area contributed by atoms with Gasteiger partial charge in [-0.3, -0.25) is 4.79 Å². The van der Waals surface area contributed by atoms with Gasteiger partial charge in [0.25, 0.3) is 5.91 Å². The van der Waals surface area contributed by atoms with Crippen LogP contribution < -0.4 is 5.32 Å². The van der Waals surface area contributed by atoms with Crippen LogP contribution in [-0.4, -0.2) is 30.1 Å². The van der Waals surface area contributed by atoms with E-state index in [2.05, 4.69) is 5.32 Å². The summed E-state index contributed by atoms with van der Waals surface area (Å²) >= 11 is 0. The summed E-state index contributed by atoms with van der Waals surface area (Å²) in [7, 11) is 0. The molecule has 0 radical (unpaired) electrons. The van der Waals surface area contributed by atoms with Gasteiger partial charge in [-0.05, 0) is 42.7 Å². The van der Waals surface area contributed by atoms with Crippen molar-refractivity contribution in [1.29, 1.82) is 0 Å². The highest BCUT2D eigenvalue weighted by molar-refractivity contribution is 5.93. The van der Waals surface area contributed by atoms with Gasteiger partial charge in [-0.1, -0.05) is 24.3 Å². The van der Waals surface area contributed by atoms with Crippen molar-refractivity contribution in [3.05, 3.63) is 65.0 Å². The quantitative estimate of drug-likeness (QED) is 0.797. The minimum Gasteiger partial charge on any atom is -0.507 e. The lowest BCUT2D eigenvalue weighted by molar-refractivity contribution is -0.124. The Morgan fingerprint density at radius 1 is 1.21 bits per heavy atom. The number of ether oxygens (including phenoxy) is 1. The number of aromatic hydroxyl groups is 1. The average molecular weight is 331 g/mol. The average Bonchev–Trinajstić information content (AvgIpc) is 2.54. The van der Waals surface area contributed by atoms with Crippen LogP contribution in [0.2, 0.25) is 0 Å². The molecule has 0 aromatic heterocycles. The molecule has 5 nitrogen and oxygen atoms in total. The second-order valence-electron chi connectivity index (χ2n) is 5.29. The fraction of sp³-hybridized carbons (Fsp3) is 0.222. The number of rotatable bonds is 6. The van der Waals surface area contributed by atoms with Gasteiger partial charge in [-0.2, -0.15) is 0 Å². The molecule has 2 rings (SSSR count). The van der Waals surface area contributed by atoms with E-state index in [0.717, 1.165) is 5.56 Å². The van der Waals surface area contributed by atoms with Crippen LogP contribution in [0, 0.1) is 12.7 Å². The van der Waals surface area contributed by atoms with E-state index in [4.69, 9.17) is 4.74 Å². The fourth-order valence-electron chi connectivity index (χ4n) is 2.11. The molecule has 0 unspecified atom stereocenters. The molecular formula is C18H18FNO4. The molecule has 0 aliphatic heterocycles. The van der Waals surface area contributed by atoms with E-state index in [1.807, 2.05) is 0 Å². The minimum atomic E-state index is -0.781. The number of phenols is 1. The molecule has 0 atom stereocenters. The van der Waals surface area contributed by atoms with E-state index in [1.165, 1.54) is 18.2 Å². The number of phenolic OH excluding ortho intramolecular Hbond substituents is 1. The Kier molecular flexibility index (Phi) is 5.89. The lowest BCUT2D eigenvalue weighted by Crippen LogP contribution is -2.30. The van der Waals surface area contributed by atoms with Crippen molar-refractivity contribution >= 4 is 11.9 Å². The van der Waals surface area contributed by atoms with E-state index in [-0.39, 0.29) is 23.7 Å². The van der Waals surface area contributed by atoms with Crippen LogP contribution >= 0.6 is 0 Å². The van der Waals surface area contributed by atoms with Crippen molar-refractivity contribution in [1.82, 2.24) is 5.32 Å². The first kappa shape index (κ1) is 17.5. The standard InChI is InChI=1S/C18H18FNO4/c1-12-6-7-14(16(21)10-12)18(23)24-11-17(22)20-9-8-13-4-2-3-5-15(13)19/h2-7,10,21H,8-9,11H2,1H3,(H,20,22). The number of amides is 1. The normalized spacial score (nSPS) is 10.2. The topological polar surface area (TPSA) is 75.6 Å². The number of carbonyl (C=O) groups excluding carboxylic acids is 2. The highest BCUT2D eigenvalue weighted by Gasteiger charge is 2.14. The highest BCUT2D eigenvalue weighted by atomic mass is 19.1. The number of hydrogen-bond donors (Lipinski definition) is 2. The molecule has 0 aliphatic carbocycles. The number of hydrogen-bond acceptors (Lipinski definition) is 4. The minimum absolute atomic E-state index is 0.000225. The molecule has 0 saturated carbocycles. The zero-order chi connectivity index (χ0) is 17.5. The van der Waals surface area contributed by atoms with E-state index in [0.29, 0.717) is 12.0 Å². The van der Waals surface area contributed by atoms with Crippen molar-refractivity contribution in [3.8, 4) is 5.75 Å². The Labute approximate surface area is 139 Å². The zero-order valence-electron chi connectivity index (χ0n) is 13.2. The third-order valence-corrected chi connectivity index (χ3v) is 3.38. The summed E-state index contributed by atoms with van der Waals surface area (Å²) in [6.07, 6.45) is 0.338. The Balaban J connectivity index is 1.77. The molecule has 2 aromatic carbocycles. The molecule has 0 bridgehead atoms. The molecule has 2 N–H and O–H groups in total. The van der Waals surface area contributed by atoms with Crippen LogP contribution in [0.15, 0.2) is 42.5 Å². The molecule has 126 valence electrons. The Morgan fingerprint density at radius 3 is 2.67 bits per heavy atom. The monoisotopic (exact) mass is 331 g/mol. The zero-order valence-corrected chi connectivity index (χ0v) is 13.2. The molecule has 0 spiro atoms. The molecule has 1 amide bonds. The van der Waals surface area contributed by atoms with Crippen molar-refractivity contribution in [2.75, 3.05) is 13.2 Å². The summed E-state index contributed by atoms with van der Waals surface area (Å²) in [5.41, 5.74) is 1.30. The predicted molar refractivity (Wildman–Crippen MR) is 86.2 cm³/mol. The first-order valence-electron chi connectivity index (χ1n) is 7.44. The van der Waals surface area contributed by atoms with Gasteiger partial charge < -0.3 is 15.2 Å². The van der Waals surface area contributed by atoms with Gasteiger partial charge in [0.05, 0.1) is 0 Å². The Hall–Kier alpha value is -2.89. The van der Waals surface area contributed by atoms with Crippen LogP contribution in [-0.2, 0) is 16.0 Å². The maximum atomic E-state index is 13.4. The summed E-state index contributed by atoms with van der Waals surface area (Å²) in [4.78, 5) is 23.5. The summed E-state index contributed by atoms with van der Waals surface area (Å²) in [6.45, 7) is 1.54. The van der Waals surface area contributed by atoms with Gasteiger partial charge in [0, 0.05) is 6.54 Å². The van der Waals surface area contributed by atoms with E-state index in [9.17, 15) is 19.1 Å². The smallest absolute Gasteiger partial charge is 0.342 e. The lowest BCUT2D eigenvalue weighted by Gasteiger charge is -2.08. The Bertz CT molecular complexity index is 746. The maximum absolute atomic E-state index is 13.4. The van der Waals surface area contributed by atoms with Crippen LogP contribution in [0.1, 0.15) is 21.5 Å². The maximum Gasteiger partial charge on any atom is 0.342 e. The highest BCUT2D eigenvalue weighted by Crippen LogP contribution is 2.19. The number of aryl methyl sites for hydroxylation is 1. The summed E-state index contributed by atoms with van der Waals surface area (Å²) in [6, 6.07) is 10.8. The van der Waals surface area contributed by atoms with E-state index >= 15 is 0 Å². The van der Waals surface area contributed by atoms with Gasteiger partial charge in [-0.15, -0.1) is 0 Å². The second kappa shape index (κ2) is 8.10. The van der Waals surface area contributed by atoms with Crippen LogP contribution in [0.5, 0.6) is 5.75 Å². The molecule has 0 saturated heterocycles. The van der Waals surface area contributed by atoms with E-state index in [1.54, 1.807) is 31.2 Å². The van der Waals surface area contributed by atoms with Gasteiger partial charge >= 0.3 is 5.97 Å². The van der Waals surface area contributed by atoms with Gasteiger partial charge in [0.1, 0.15) is 17.1 Å². The van der Waals surface area contributed by atoms with E-state index < -0.39 is 18.5 Å². The number of nitrogens with one attached hydrogen (secondary N) is 1. The molecular weight excluding hydrogens is 313 g/mol. The molecule has 24 heavy (non-hydrogen) atoms. The largest absolute Gasteiger partial charge is 0.507 e. The molecule has 6 heteroatoms. The van der Waals surface area contributed by atoms with Crippen molar-refractivity contribution in [3.63, 3.8) is 0 Å². The lowest BCUT2D eigenvalue weighted by atomic mass is 10.1. The Morgan fingerprint density at radius 2 is 1.96 bits per heavy atom. The summed E-state index contributed by atoms with van der Waals surface area (Å²) < 4.78 is 18.3. The van der Waals surface area contributed by atoms with Gasteiger partial charge in [0.15, 0.2) is 6.61 Å². The predicted octanol–water partition coefficient (Wildman–Crippen LogP) is 2.36. The van der Waals surface area contributed by atoms with Crippen molar-refractivity contribution in [2.24, 2.45) is 0 Å². The van der Waals surface area contributed by atoms with Crippen molar-refractivity contribution < 1.29 is 23.8 Å². The number of halogens is 1. The summed E-state index contributed by atoms with van der Waals surface area (Å²) in [5, 5.41) is 12.2. The van der Waals surface area contributed by atoms with Crippen LogP contribution in [0.4, 0.5) is 4.39 Å². The number of carbonyl (C=O) groups is 2. The molecule has 0 heterocycles. The van der Waals surface area contributed by atoms with Gasteiger partial charge in [-0.25, -0.2) is 9.18 Å². The third kappa shape index (κ3) is 4.81. The SMILES string of the molecule is Cc1ccc(C(=O)OCC(=O)NCCc2ccccc2F)c(O)c1. The van der Waals surface area contributed by atoms with Crippen LogP contribution in [0.25, 0.3) is 0 Å². The molecule has 0 aliphatic rings. The van der Waals surface area contributed by atoms with Gasteiger partial charge in [0.2, 0.25) is 0 Å². The summed E-state index contributed by atoms with van der Waals surface area (Å²) in [5.74, 6) is -1.80. The second-order valence-corrected chi connectivity index (χ2v) is 5.29. The first-order valence-corrected chi connectivity index (χ1v) is 7.44. The number of benzene rings is 2. The molecule has 0 fully saturated rings. The first-order chi connectivity index (χ1) is 11.5. The third-order valence-electron chi connectivity index (χ3n) is 3.38. The number of esters is 1. The van der Waals surface area contributed by atoms with Crippen molar-refractivity contribution in [2.45, 2.75) is 13.3 Å². The molecule has 2 aromatic rings.